The molecular weight excluding hydrogens is 440 g/mol. The predicted molar refractivity (Wildman–Crippen MR) is 113 cm³/mol. The summed E-state index contributed by atoms with van der Waals surface area (Å²) in [5, 5.41) is 0. The van der Waals surface area contributed by atoms with E-state index < -0.39 is 10.0 Å². The molecule has 1 aliphatic heterocycles. The number of hydrogen-bond acceptors (Lipinski definition) is 3. The average molecular weight is 465 g/mol. The van der Waals surface area contributed by atoms with E-state index in [4.69, 9.17) is 0 Å². The summed E-state index contributed by atoms with van der Waals surface area (Å²) in [6.07, 6.45) is 1.15. The summed E-state index contributed by atoms with van der Waals surface area (Å²) < 4.78 is 28.2. The Morgan fingerprint density at radius 2 is 1.61 bits per heavy atom. The molecule has 0 radical (unpaired) electrons. The van der Waals surface area contributed by atoms with Crippen molar-refractivity contribution < 1.29 is 13.2 Å². The lowest BCUT2D eigenvalue weighted by atomic mass is 9.91. The molecule has 0 bridgehead atoms. The molecule has 1 amide bonds. The van der Waals surface area contributed by atoms with Gasteiger partial charge < -0.3 is 4.90 Å². The van der Waals surface area contributed by atoms with E-state index in [-0.39, 0.29) is 17.3 Å². The summed E-state index contributed by atoms with van der Waals surface area (Å²) in [4.78, 5) is 14.9. The molecule has 5 nitrogen and oxygen atoms in total. The SMILES string of the molecule is C[C@H]1C[C@H](C)CN(C(=O)c2ccc(CNS(=O)(=O)c3ccc(Br)cc3)cc2)C1. The van der Waals surface area contributed by atoms with Crippen LogP contribution in [0, 0.1) is 11.8 Å². The second-order valence-corrected chi connectivity index (χ2v) is 10.3. The van der Waals surface area contributed by atoms with Crippen LogP contribution in [0.25, 0.3) is 0 Å². The topological polar surface area (TPSA) is 66.5 Å². The van der Waals surface area contributed by atoms with Gasteiger partial charge in [-0.1, -0.05) is 41.9 Å². The monoisotopic (exact) mass is 464 g/mol. The van der Waals surface area contributed by atoms with Gasteiger partial charge in [-0.25, -0.2) is 13.1 Å². The highest BCUT2D eigenvalue weighted by atomic mass is 79.9. The average Bonchev–Trinajstić information content (AvgIpc) is 2.66. The van der Waals surface area contributed by atoms with Crippen LogP contribution in [0.4, 0.5) is 0 Å². The zero-order chi connectivity index (χ0) is 20.3. The van der Waals surface area contributed by atoms with Crippen LogP contribution >= 0.6 is 15.9 Å². The predicted octanol–water partition coefficient (Wildman–Crippen LogP) is 4.05. The summed E-state index contributed by atoms with van der Waals surface area (Å²) in [6.45, 7) is 6.10. The van der Waals surface area contributed by atoms with Crippen LogP contribution in [0.1, 0.15) is 36.2 Å². The number of halogens is 1. The fraction of sp³-hybridized carbons (Fsp3) is 0.381. The Bertz CT molecular complexity index is 917. The molecule has 7 heteroatoms. The number of piperidine rings is 1. The number of benzene rings is 2. The van der Waals surface area contributed by atoms with Crippen molar-refractivity contribution in [2.75, 3.05) is 13.1 Å². The Labute approximate surface area is 175 Å². The third-order valence-electron chi connectivity index (χ3n) is 4.95. The molecule has 0 unspecified atom stereocenters. The lowest BCUT2D eigenvalue weighted by Crippen LogP contribution is -2.42. The van der Waals surface area contributed by atoms with E-state index in [1.54, 1.807) is 48.5 Å². The number of carbonyl (C=O) groups excluding carboxylic acids is 1. The Morgan fingerprint density at radius 1 is 1.04 bits per heavy atom. The van der Waals surface area contributed by atoms with Gasteiger partial charge in [0.05, 0.1) is 4.90 Å². The smallest absolute Gasteiger partial charge is 0.253 e. The van der Waals surface area contributed by atoms with Gasteiger partial charge in [0, 0.05) is 29.7 Å². The highest BCUT2D eigenvalue weighted by Gasteiger charge is 2.26. The minimum absolute atomic E-state index is 0.0420. The number of sulfonamides is 1. The molecule has 1 heterocycles. The minimum Gasteiger partial charge on any atom is -0.338 e. The first-order valence-electron chi connectivity index (χ1n) is 9.38. The second kappa shape index (κ2) is 8.76. The third-order valence-corrected chi connectivity index (χ3v) is 6.89. The van der Waals surface area contributed by atoms with E-state index in [0.29, 0.717) is 17.4 Å². The maximum atomic E-state index is 12.7. The number of carbonyl (C=O) groups is 1. The second-order valence-electron chi connectivity index (χ2n) is 7.63. The van der Waals surface area contributed by atoms with Gasteiger partial charge in [0.1, 0.15) is 0 Å². The molecule has 3 rings (SSSR count). The molecule has 0 saturated carbocycles. The van der Waals surface area contributed by atoms with Crippen molar-refractivity contribution in [1.82, 2.24) is 9.62 Å². The third kappa shape index (κ3) is 5.21. The van der Waals surface area contributed by atoms with Crippen molar-refractivity contribution in [3.05, 3.63) is 64.1 Å². The lowest BCUT2D eigenvalue weighted by molar-refractivity contribution is 0.0623. The van der Waals surface area contributed by atoms with Crippen molar-refractivity contribution in [3.8, 4) is 0 Å². The normalized spacial score (nSPS) is 20.2. The maximum Gasteiger partial charge on any atom is 0.253 e. The zero-order valence-electron chi connectivity index (χ0n) is 16.1. The van der Waals surface area contributed by atoms with Gasteiger partial charge in [0.2, 0.25) is 10.0 Å². The summed E-state index contributed by atoms with van der Waals surface area (Å²) in [5.74, 6) is 1.07. The quantitative estimate of drug-likeness (QED) is 0.725. The molecule has 28 heavy (non-hydrogen) atoms. The number of amides is 1. The first-order valence-corrected chi connectivity index (χ1v) is 11.7. The number of nitrogens with zero attached hydrogens (tertiary/aromatic N) is 1. The Morgan fingerprint density at radius 3 is 2.18 bits per heavy atom. The molecule has 0 spiro atoms. The summed E-state index contributed by atoms with van der Waals surface area (Å²) in [6, 6.07) is 13.6. The van der Waals surface area contributed by atoms with Gasteiger partial charge in [0.15, 0.2) is 0 Å². The highest BCUT2D eigenvalue weighted by molar-refractivity contribution is 9.10. The van der Waals surface area contributed by atoms with Crippen molar-refractivity contribution in [1.29, 1.82) is 0 Å². The van der Waals surface area contributed by atoms with E-state index in [9.17, 15) is 13.2 Å². The molecule has 0 aliphatic carbocycles. The van der Waals surface area contributed by atoms with Crippen LogP contribution in [-0.4, -0.2) is 32.3 Å². The zero-order valence-corrected chi connectivity index (χ0v) is 18.5. The molecule has 0 aromatic heterocycles. The fourth-order valence-electron chi connectivity index (χ4n) is 3.65. The van der Waals surface area contributed by atoms with E-state index in [0.717, 1.165) is 29.5 Å². The Hall–Kier alpha value is -1.70. The number of likely N-dealkylation sites (tertiary alicyclic amines) is 1. The van der Waals surface area contributed by atoms with Gasteiger partial charge in [-0.2, -0.15) is 0 Å². The van der Waals surface area contributed by atoms with Gasteiger partial charge >= 0.3 is 0 Å². The van der Waals surface area contributed by atoms with E-state index in [1.807, 2.05) is 4.90 Å². The summed E-state index contributed by atoms with van der Waals surface area (Å²) >= 11 is 3.30. The molecule has 2 atom stereocenters. The van der Waals surface area contributed by atoms with Gasteiger partial charge in [-0.05, 0) is 60.2 Å². The number of rotatable bonds is 5. The van der Waals surface area contributed by atoms with E-state index in [1.165, 1.54) is 0 Å². The van der Waals surface area contributed by atoms with E-state index >= 15 is 0 Å². The highest BCUT2D eigenvalue weighted by Crippen LogP contribution is 2.22. The Kier molecular flexibility index (Phi) is 6.58. The molecule has 1 saturated heterocycles. The lowest BCUT2D eigenvalue weighted by Gasteiger charge is -2.35. The van der Waals surface area contributed by atoms with Crippen molar-refractivity contribution >= 4 is 31.9 Å². The van der Waals surface area contributed by atoms with Gasteiger partial charge in [-0.15, -0.1) is 0 Å². The summed E-state index contributed by atoms with van der Waals surface area (Å²) in [7, 11) is -3.58. The van der Waals surface area contributed by atoms with Crippen molar-refractivity contribution in [2.45, 2.75) is 31.7 Å². The molecule has 1 fully saturated rings. The molecule has 1 aliphatic rings. The standard InChI is InChI=1S/C21H25BrN2O3S/c1-15-11-16(2)14-24(13-15)21(25)18-5-3-17(4-6-18)12-23-28(26,27)20-9-7-19(22)8-10-20/h3-10,15-16,23H,11-14H2,1-2H3/t15-,16-/m0/s1. The van der Waals surface area contributed by atoms with Crippen molar-refractivity contribution in [2.24, 2.45) is 11.8 Å². The van der Waals surface area contributed by atoms with Crippen molar-refractivity contribution in [3.63, 3.8) is 0 Å². The van der Waals surface area contributed by atoms with Gasteiger partial charge in [-0.3, -0.25) is 4.79 Å². The van der Waals surface area contributed by atoms with E-state index in [2.05, 4.69) is 34.5 Å². The number of nitrogens with one attached hydrogen (secondary N) is 1. The molecule has 150 valence electrons. The summed E-state index contributed by atoms with van der Waals surface area (Å²) in [5.41, 5.74) is 1.44. The first-order chi connectivity index (χ1) is 13.2. The van der Waals surface area contributed by atoms with Crippen LogP contribution in [0.5, 0.6) is 0 Å². The Balaban J connectivity index is 1.63. The van der Waals surface area contributed by atoms with Gasteiger partial charge in [0.25, 0.3) is 5.91 Å². The number of hydrogen-bond donors (Lipinski definition) is 1. The minimum atomic E-state index is -3.58. The first kappa shape index (κ1) is 21.0. The fourth-order valence-corrected chi connectivity index (χ4v) is 4.93. The van der Waals surface area contributed by atoms with Crippen LogP contribution in [0.2, 0.25) is 0 Å². The van der Waals surface area contributed by atoms with Crippen LogP contribution in [-0.2, 0) is 16.6 Å². The molecular formula is C21H25BrN2O3S. The largest absolute Gasteiger partial charge is 0.338 e. The van der Waals surface area contributed by atoms with Crippen LogP contribution < -0.4 is 4.72 Å². The van der Waals surface area contributed by atoms with Crippen LogP contribution in [0.3, 0.4) is 0 Å². The molecule has 2 aromatic rings. The maximum absolute atomic E-state index is 12.7. The molecule has 2 aromatic carbocycles. The van der Waals surface area contributed by atoms with Crippen LogP contribution in [0.15, 0.2) is 57.9 Å². The molecule has 1 N–H and O–H groups in total.